The smallest absolute Gasteiger partial charge is 0.410 e. The van der Waals surface area contributed by atoms with Crippen LogP contribution in [0.3, 0.4) is 0 Å². The quantitative estimate of drug-likeness (QED) is 0.0309. The second-order valence-corrected chi connectivity index (χ2v) is 19.3. The first kappa shape index (κ1) is 50.9. The van der Waals surface area contributed by atoms with Crippen LogP contribution in [0.5, 0.6) is 28.7 Å². The topological polar surface area (TPSA) is 190 Å². The number of nitro benzene ring substituents is 1. The van der Waals surface area contributed by atoms with Crippen molar-refractivity contribution in [2.24, 2.45) is 22.9 Å². The molecule has 0 radical (unpaired) electrons. The van der Waals surface area contributed by atoms with Crippen molar-refractivity contribution in [3.8, 4) is 28.7 Å². The standard InChI is InChI=1S/C55H65N3O13/c1-5-26-68-55-50(57(34-38-20-22-48-49(29-38)67-36-66-48)53(61)65-28-27-64-35-37-14-7-6-8-15-37)33-46(56-71-54(2,3)4)44-30-39(16-9-11-24-59)43(19-10-12-25-60)51(52(44)55)45-32-42(21-23-47(45)70-55)69-41-18-13-17-40(31-41)58(62)63/h5-8,13-15,17-18,20-23,29-32,39,43,50-52,59-60H,1,9-12,16,19,24-28,33-36H2,2-4H3/t39-,43+,50-,51+,52+,55+/m0/s1. The molecule has 6 atom stereocenters. The number of ether oxygens (including phenoxy) is 7. The van der Waals surface area contributed by atoms with Crippen LogP contribution in [-0.4, -0.2) is 89.1 Å². The lowest BCUT2D eigenvalue weighted by Gasteiger charge is -2.60. The van der Waals surface area contributed by atoms with Gasteiger partial charge < -0.3 is 48.2 Å². The highest BCUT2D eigenvalue weighted by atomic mass is 16.7. The molecule has 2 aliphatic heterocycles. The van der Waals surface area contributed by atoms with Crippen molar-refractivity contribution in [3.05, 3.63) is 142 Å². The first-order chi connectivity index (χ1) is 34.4. The molecule has 8 rings (SSSR count). The number of non-ortho nitro benzene ring substituents is 1. The highest BCUT2D eigenvalue weighted by molar-refractivity contribution is 6.03. The van der Waals surface area contributed by atoms with Gasteiger partial charge in [-0.2, -0.15) is 0 Å². The third-order valence-electron chi connectivity index (χ3n) is 13.3. The fourth-order valence-electron chi connectivity index (χ4n) is 10.3. The lowest BCUT2D eigenvalue weighted by molar-refractivity contribution is -0.384. The van der Waals surface area contributed by atoms with Gasteiger partial charge in [0.15, 0.2) is 11.5 Å². The second-order valence-electron chi connectivity index (χ2n) is 19.3. The number of hydrogen-bond acceptors (Lipinski definition) is 14. The number of fused-ring (bicyclic) bond motifs is 3. The van der Waals surface area contributed by atoms with Gasteiger partial charge in [-0.3, -0.25) is 15.0 Å². The number of rotatable bonds is 23. The first-order valence-electron chi connectivity index (χ1n) is 24.5. The van der Waals surface area contributed by atoms with E-state index in [1.54, 1.807) is 29.2 Å². The Bertz CT molecular complexity index is 2540. The van der Waals surface area contributed by atoms with E-state index in [-0.39, 0.29) is 76.2 Å². The molecule has 4 aromatic carbocycles. The Balaban J connectivity index is 1.29. The molecule has 2 heterocycles. The van der Waals surface area contributed by atoms with Crippen LogP contribution in [0.2, 0.25) is 0 Å². The maximum absolute atomic E-state index is 15.1. The average molecular weight is 976 g/mol. The zero-order valence-corrected chi connectivity index (χ0v) is 40.7. The summed E-state index contributed by atoms with van der Waals surface area (Å²) in [6.45, 7) is 10.5. The van der Waals surface area contributed by atoms with Crippen LogP contribution in [0.4, 0.5) is 10.5 Å². The molecule has 0 unspecified atom stereocenters. The van der Waals surface area contributed by atoms with Crippen molar-refractivity contribution in [2.75, 3.05) is 39.8 Å². The van der Waals surface area contributed by atoms with Crippen molar-refractivity contribution < 1.29 is 57.9 Å². The number of nitrogens with zero attached hydrogens (tertiary/aromatic N) is 3. The van der Waals surface area contributed by atoms with Gasteiger partial charge in [0, 0.05) is 43.7 Å². The Morgan fingerprint density at radius 2 is 1.66 bits per heavy atom. The molecule has 4 aromatic rings. The molecule has 378 valence electrons. The van der Waals surface area contributed by atoms with E-state index in [2.05, 4.69) is 12.7 Å². The predicted octanol–water partition coefficient (Wildman–Crippen LogP) is 10.4. The molecule has 0 saturated heterocycles. The van der Waals surface area contributed by atoms with Gasteiger partial charge in [0.1, 0.15) is 35.5 Å². The van der Waals surface area contributed by atoms with Gasteiger partial charge in [0.25, 0.3) is 5.69 Å². The molecule has 1 saturated carbocycles. The molecule has 0 bridgehead atoms. The van der Waals surface area contributed by atoms with Crippen LogP contribution in [0, 0.1) is 27.9 Å². The van der Waals surface area contributed by atoms with Gasteiger partial charge in [-0.25, -0.2) is 4.79 Å². The van der Waals surface area contributed by atoms with Gasteiger partial charge in [0.05, 0.1) is 42.4 Å². The van der Waals surface area contributed by atoms with Crippen molar-refractivity contribution in [2.45, 2.75) is 102 Å². The van der Waals surface area contributed by atoms with Gasteiger partial charge >= 0.3 is 6.09 Å². The van der Waals surface area contributed by atoms with E-state index >= 15 is 4.79 Å². The van der Waals surface area contributed by atoms with E-state index in [9.17, 15) is 20.3 Å². The van der Waals surface area contributed by atoms with Crippen LogP contribution < -0.4 is 18.9 Å². The average Bonchev–Trinajstić information content (AvgIpc) is 3.84. The Hall–Kier alpha value is -6.46. The van der Waals surface area contributed by atoms with Crippen molar-refractivity contribution in [1.82, 2.24) is 4.90 Å². The largest absolute Gasteiger partial charge is 0.459 e. The fraction of sp³-hybridized carbons (Fsp3) is 0.455. The molecule has 0 spiro atoms. The molecule has 4 aliphatic rings. The Morgan fingerprint density at radius 1 is 0.901 bits per heavy atom. The molecule has 2 aliphatic carbocycles. The summed E-state index contributed by atoms with van der Waals surface area (Å²) in [6, 6.07) is 26.0. The zero-order chi connectivity index (χ0) is 50.0. The summed E-state index contributed by atoms with van der Waals surface area (Å²) in [4.78, 5) is 34.4. The Morgan fingerprint density at radius 3 is 2.42 bits per heavy atom. The van der Waals surface area contributed by atoms with E-state index in [4.69, 9.17) is 43.2 Å². The Kier molecular flexibility index (Phi) is 16.6. The summed E-state index contributed by atoms with van der Waals surface area (Å²) in [7, 11) is 0. The minimum absolute atomic E-state index is 0.0251. The number of amides is 1. The molecular weight excluding hydrogens is 911 g/mol. The maximum Gasteiger partial charge on any atom is 0.410 e. The van der Waals surface area contributed by atoms with E-state index in [0.717, 1.165) is 41.5 Å². The number of oxime groups is 1. The third-order valence-corrected chi connectivity index (χ3v) is 13.3. The number of nitro groups is 1. The highest BCUT2D eigenvalue weighted by Gasteiger charge is 2.66. The summed E-state index contributed by atoms with van der Waals surface area (Å²) >= 11 is 0. The Labute approximate surface area is 414 Å². The molecule has 16 heteroatoms. The van der Waals surface area contributed by atoms with Gasteiger partial charge in [-0.15, -0.1) is 6.58 Å². The molecule has 16 nitrogen and oxygen atoms in total. The van der Waals surface area contributed by atoms with Crippen LogP contribution >= 0.6 is 0 Å². The van der Waals surface area contributed by atoms with Crippen LogP contribution in [-0.2, 0) is 32.2 Å². The van der Waals surface area contributed by atoms with Gasteiger partial charge in [-0.05, 0) is 111 Å². The first-order valence-corrected chi connectivity index (χ1v) is 24.5. The minimum Gasteiger partial charge on any atom is -0.459 e. The number of carbonyl (C=O) groups is 1. The summed E-state index contributed by atoms with van der Waals surface area (Å²) in [5.74, 6) is -0.304. The van der Waals surface area contributed by atoms with Gasteiger partial charge in [-0.1, -0.05) is 72.6 Å². The number of aliphatic hydroxyl groups is 2. The highest BCUT2D eigenvalue weighted by Crippen LogP contribution is 2.62. The van der Waals surface area contributed by atoms with Crippen LogP contribution in [0.15, 0.2) is 120 Å². The zero-order valence-electron chi connectivity index (χ0n) is 40.7. The summed E-state index contributed by atoms with van der Waals surface area (Å²) < 4.78 is 44.5. The maximum atomic E-state index is 15.1. The molecular formula is C55H65N3O13. The monoisotopic (exact) mass is 975 g/mol. The lowest BCUT2D eigenvalue weighted by Crippen LogP contribution is -2.70. The molecule has 1 fully saturated rings. The van der Waals surface area contributed by atoms with E-state index in [1.165, 1.54) is 12.1 Å². The van der Waals surface area contributed by atoms with Crippen LogP contribution in [0.1, 0.15) is 88.3 Å². The number of allylic oxidation sites excluding steroid dienone is 1. The number of carbonyl (C=O) groups excluding carboxylic acids is 1. The van der Waals surface area contributed by atoms with Crippen molar-refractivity contribution >= 4 is 17.5 Å². The molecule has 71 heavy (non-hydrogen) atoms. The molecule has 0 aromatic heterocycles. The summed E-state index contributed by atoms with van der Waals surface area (Å²) in [5, 5.41) is 36.8. The fourth-order valence-corrected chi connectivity index (χ4v) is 10.3. The molecule has 1 amide bonds. The van der Waals surface area contributed by atoms with Gasteiger partial charge in [0.2, 0.25) is 12.6 Å². The number of unbranched alkanes of at least 4 members (excludes halogenated alkanes) is 2. The van der Waals surface area contributed by atoms with E-state index < -0.39 is 34.4 Å². The SMILES string of the molecule is C=CCO[C@@]12Oc3ccc(Oc4cccc([N+](=O)[O-])c4)cc3[C@H]3[C@H](CCCCO)[C@@H](CCCCO)C=C(C(=NOC(C)(C)C)C[C@@H]1N(Cc1ccc4c(c1)OCO4)C(=O)OCCOCc1ccccc1)[C@H]32. The summed E-state index contributed by atoms with van der Waals surface area (Å²) in [6.07, 6.45) is 7.59. The predicted molar refractivity (Wildman–Crippen MR) is 265 cm³/mol. The summed E-state index contributed by atoms with van der Waals surface area (Å²) in [5.41, 5.74) is 3.23. The van der Waals surface area contributed by atoms with E-state index in [1.807, 2.05) is 81.4 Å². The second kappa shape index (κ2) is 23.2. The normalized spacial score (nSPS) is 22.4. The van der Waals surface area contributed by atoms with E-state index in [0.29, 0.717) is 60.3 Å². The third kappa shape index (κ3) is 12.0. The van der Waals surface area contributed by atoms with Crippen molar-refractivity contribution in [1.29, 1.82) is 0 Å². The number of hydrogen-bond donors (Lipinski definition) is 2. The number of benzene rings is 4. The lowest BCUT2D eigenvalue weighted by atomic mass is 9.55. The van der Waals surface area contributed by atoms with Crippen LogP contribution in [0.25, 0.3) is 0 Å². The van der Waals surface area contributed by atoms with Crippen molar-refractivity contribution in [3.63, 3.8) is 0 Å². The minimum atomic E-state index is -1.59. The molecule has 2 N–H and O–H groups in total. The number of aliphatic hydroxyl groups excluding tert-OH is 2.